The van der Waals surface area contributed by atoms with E-state index in [1.807, 2.05) is 6.08 Å². The molecule has 3 N–H and O–H groups in total. The second-order valence-electron chi connectivity index (χ2n) is 19.0. The Bertz CT molecular complexity index is 1040. The lowest BCUT2D eigenvalue weighted by Gasteiger charge is -2.19. The lowest BCUT2D eigenvalue weighted by atomic mass is 10.0. The molecule has 0 aliphatic heterocycles. The molecule has 0 aromatic carbocycles. The third kappa shape index (κ3) is 50.9. The van der Waals surface area contributed by atoms with Gasteiger partial charge in [-0.15, -0.1) is 0 Å². The normalized spacial score (nSPS) is 13.3. The van der Waals surface area contributed by atoms with E-state index in [2.05, 4.69) is 67.8 Å². The van der Waals surface area contributed by atoms with Crippen LogP contribution in [0.25, 0.3) is 0 Å². The van der Waals surface area contributed by atoms with Gasteiger partial charge in [0.2, 0.25) is 5.91 Å². The topological polar surface area (TPSA) is 69.6 Å². The number of nitrogens with one attached hydrogen (secondary N) is 1. The smallest absolute Gasteiger partial charge is 0.220 e. The van der Waals surface area contributed by atoms with Crippen molar-refractivity contribution in [3.8, 4) is 0 Å². The quantitative estimate of drug-likeness (QED) is 0.0421. The van der Waals surface area contributed by atoms with E-state index in [4.69, 9.17) is 0 Å². The van der Waals surface area contributed by atoms with Crippen molar-refractivity contribution < 1.29 is 15.0 Å². The van der Waals surface area contributed by atoms with Crippen molar-refractivity contribution in [3.63, 3.8) is 0 Å². The van der Waals surface area contributed by atoms with Gasteiger partial charge in [0.25, 0.3) is 0 Å². The molecule has 0 fully saturated rings. The Balaban J connectivity index is 3.49. The minimum Gasteiger partial charge on any atom is -0.394 e. The molecule has 0 aliphatic carbocycles. The molecule has 0 aliphatic rings. The highest BCUT2D eigenvalue weighted by Gasteiger charge is 2.18. The molecule has 0 saturated heterocycles. The summed E-state index contributed by atoms with van der Waals surface area (Å²) in [5, 5.41) is 23.1. The molecule has 0 saturated carbocycles. The molecule has 0 bridgehead atoms. The van der Waals surface area contributed by atoms with Crippen LogP contribution in [-0.4, -0.2) is 34.9 Å². The number of carbonyl (C=O) groups excluding carboxylic acids is 1. The number of amides is 1. The highest BCUT2D eigenvalue weighted by atomic mass is 16.3. The highest BCUT2D eigenvalue weighted by molar-refractivity contribution is 5.76. The lowest BCUT2D eigenvalue weighted by Crippen LogP contribution is -2.45. The fourth-order valence-electron chi connectivity index (χ4n) is 8.42. The van der Waals surface area contributed by atoms with Gasteiger partial charge in [0.15, 0.2) is 0 Å². The van der Waals surface area contributed by atoms with Gasteiger partial charge in [0, 0.05) is 6.42 Å². The molecule has 0 aromatic rings. The highest BCUT2D eigenvalue weighted by Crippen LogP contribution is 2.16. The summed E-state index contributed by atoms with van der Waals surface area (Å²) in [6.07, 6.45) is 76.7. The Morgan fingerprint density at radius 3 is 1.02 bits per heavy atom. The summed E-state index contributed by atoms with van der Waals surface area (Å²) < 4.78 is 0. The van der Waals surface area contributed by atoms with Gasteiger partial charge in [-0.1, -0.05) is 267 Å². The molecule has 0 spiro atoms. The van der Waals surface area contributed by atoms with Crippen molar-refractivity contribution in [2.75, 3.05) is 6.61 Å². The SMILES string of the molecule is CCCCCCCC/C=C/CC/C=C/CC/C=C/C(O)C(CO)NC(=O)CCCCCCCCCCCCCCCCCCC/C=C\C/C=C\CCCCCCCCCCCCC. The van der Waals surface area contributed by atoms with Crippen LogP contribution in [0, 0.1) is 0 Å². The third-order valence-corrected chi connectivity index (χ3v) is 12.7. The minimum absolute atomic E-state index is 0.0765. The second-order valence-corrected chi connectivity index (χ2v) is 19.0. The number of unbranched alkanes of at least 4 members (excludes halogenated alkanes) is 36. The van der Waals surface area contributed by atoms with Crippen molar-refractivity contribution >= 4 is 5.91 Å². The molecule has 4 nitrogen and oxygen atoms in total. The molecular formula is C59H109NO3. The van der Waals surface area contributed by atoms with Crippen LogP contribution in [-0.2, 0) is 4.79 Å². The zero-order chi connectivity index (χ0) is 45.6. The fraction of sp³-hybridized carbons (Fsp3) is 0.814. The van der Waals surface area contributed by atoms with Crippen LogP contribution in [0.1, 0.15) is 290 Å². The van der Waals surface area contributed by atoms with Crippen molar-refractivity contribution in [1.29, 1.82) is 0 Å². The molecule has 4 heteroatoms. The Labute approximate surface area is 394 Å². The van der Waals surface area contributed by atoms with Crippen molar-refractivity contribution in [2.24, 2.45) is 0 Å². The van der Waals surface area contributed by atoms with Gasteiger partial charge in [0.1, 0.15) is 0 Å². The Kier molecular flexibility index (Phi) is 52.8. The van der Waals surface area contributed by atoms with E-state index < -0.39 is 12.1 Å². The zero-order valence-electron chi connectivity index (χ0n) is 42.3. The summed E-state index contributed by atoms with van der Waals surface area (Å²) >= 11 is 0. The molecule has 0 rings (SSSR count). The molecule has 2 unspecified atom stereocenters. The van der Waals surface area contributed by atoms with Crippen molar-refractivity contribution in [2.45, 2.75) is 302 Å². The number of allylic oxidation sites excluding steroid dienone is 9. The van der Waals surface area contributed by atoms with Gasteiger partial charge in [-0.3, -0.25) is 4.79 Å². The molecule has 2 atom stereocenters. The van der Waals surface area contributed by atoms with Gasteiger partial charge in [-0.25, -0.2) is 0 Å². The number of hydrogen-bond acceptors (Lipinski definition) is 3. The Morgan fingerprint density at radius 2 is 0.667 bits per heavy atom. The average Bonchev–Trinajstić information content (AvgIpc) is 3.29. The zero-order valence-corrected chi connectivity index (χ0v) is 42.3. The molecule has 0 radical (unpaired) electrons. The standard InChI is InChI=1S/C59H109NO3/c1-3-5-7-9-11-13-15-17-19-21-22-23-24-25-26-27-28-29-30-31-32-33-34-35-36-37-38-39-41-43-45-47-49-51-53-55-59(63)60-57(56-61)58(62)54-52-50-48-46-44-42-40-20-18-16-14-12-10-8-6-4-2/h18,20,24-25,27-28,44,46,52,54,57-58,61-62H,3-17,19,21-23,26,29-43,45,47-51,53,55-56H2,1-2H3,(H,60,63)/b20-18+,25-24-,28-27-,46-44+,54-52+. The largest absolute Gasteiger partial charge is 0.394 e. The molecule has 63 heavy (non-hydrogen) atoms. The lowest BCUT2D eigenvalue weighted by molar-refractivity contribution is -0.123. The second kappa shape index (κ2) is 54.4. The van der Waals surface area contributed by atoms with E-state index in [-0.39, 0.29) is 12.5 Å². The van der Waals surface area contributed by atoms with Crippen molar-refractivity contribution in [3.05, 3.63) is 60.8 Å². The molecule has 368 valence electrons. The van der Waals surface area contributed by atoms with E-state index in [0.29, 0.717) is 6.42 Å². The van der Waals surface area contributed by atoms with Crippen LogP contribution >= 0.6 is 0 Å². The predicted octanol–water partition coefficient (Wildman–Crippen LogP) is 18.4. The number of hydrogen-bond donors (Lipinski definition) is 3. The summed E-state index contributed by atoms with van der Waals surface area (Å²) in [5.74, 6) is -0.0765. The first-order valence-electron chi connectivity index (χ1n) is 28.0. The van der Waals surface area contributed by atoms with E-state index in [1.54, 1.807) is 6.08 Å². The number of carbonyl (C=O) groups is 1. The summed E-state index contributed by atoms with van der Waals surface area (Å²) in [6.45, 7) is 4.30. The molecule has 0 aromatic heterocycles. The van der Waals surface area contributed by atoms with E-state index >= 15 is 0 Å². The van der Waals surface area contributed by atoms with Gasteiger partial charge < -0.3 is 15.5 Å². The maximum atomic E-state index is 12.4. The van der Waals surface area contributed by atoms with E-state index in [1.165, 1.54) is 225 Å². The number of aliphatic hydroxyl groups excluding tert-OH is 2. The van der Waals surface area contributed by atoms with Crippen LogP contribution in [0.3, 0.4) is 0 Å². The first-order chi connectivity index (χ1) is 31.2. The summed E-state index contributed by atoms with van der Waals surface area (Å²) in [4.78, 5) is 12.4. The van der Waals surface area contributed by atoms with Crippen molar-refractivity contribution in [1.82, 2.24) is 5.32 Å². The number of aliphatic hydroxyl groups is 2. The van der Waals surface area contributed by atoms with Gasteiger partial charge in [0.05, 0.1) is 18.8 Å². The van der Waals surface area contributed by atoms with Crippen LogP contribution in [0.4, 0.5) is 0 Å². The summed E-state index contributed by atoms with van der Waals surface area (Å²) in [5.41, 5.74) is 0. The Hall–Kier alpha value is -1.91. The number of rotatable bonds is 51. The van der Waals surface area contributed by atoms with Gasteiger partial charge >= 0.3 is 0 Å². The monoisotopic (exact) mass is 880 g/mol. The van der Waals surface area contributed by atoms with E-state index in [0.717, 1.165) is 44.9 Å². The van der Waals surface area contributed by atoms with Crippen LogP contribution in [0.15, 0.2) is 60.8 Å². The van der Waals surface area contributed by atoms with Crippen LogP contribution < -0.4 is 5.32 Å². The summed E-state index contributed by atoms with van der Waals surface area (Å²) in [6, 6.07) is -0.646. The maximum Gasteiger partial charge on any atom is 0.220 e. The van der Waals surface area contributed by atoms with E-state index in [9.17, 15) is 15.0 Å². The van der Waals surface area contributed by atoms with Crippen LogP contribution in [0.5, 0.6) is 0 Å². The first-order valence-corrected chi connectivity index (χ1v) is 28.0. The Morgan fingerprint density at radius 1 is 0.381 bits per heavy atom. The van der Waals surface area contributed by atoms with Crippen LogP contribution in [0.2, 0.25) is 0 Å². The maximum absolute atomic E-state index is 12.4. The summed E-state index contributed by atoms with van der Waals surface area (Å²) in [7, 11) is 0. The molecular weight excluding hydrogens is 771 g/mol. The van der Waals surface area contributed by atoms with Gasteiger partial charge in [-0.2, -0.15) is 0 Å². The fourth-order valence-corrected chi connectivity index (χ4v) is 8.42. The third-order valence-electron chi connectivity index (χ3n) is 12.7. The first kappa shape index (κ1) is 61.1. The molecule has 0 heterocycles. The minimum atomic E-state index is -0.871. The average molecular weight is 881 g/mol. The predicted molar refractivity (Wildman–Crippen MR) is 281 cm³/mol. The van der Waals surface area contributed by atoms with Gasteiger partial charge in [-0.05, 0) is 77.0 Å². The molecule has 1 amide bonds.